The van der Waals surface area contributed by atoms with Gasteiger partial charge in [-0.05, 0) is 0 Å². The Morgan fingerprint density at radius 2 is 2.30 bits per heavy atom. The summed E-state index contributed by atoms with van der Waals surface area (Å²) in [5.74, 6) is -1.17. The molecule has 1 aromatic heterocycles. The molecular weight excluding hydrogens is 298 g/mol. The van der Waals surface area contributed by atoms with Crippen LogP contribution in [0.1, 0.15) is 12.6 Å². The molecule has 1 saturated heterocycles. The third kappa shape index (κ3) is 3.00. The molecule has 3 unspecified atom stereocenters. The van der Waals surface area contributed by atoms with Crippen molar-refractivity contribution in [3.63, 3.8) is 0 Å². The predicted molar refractivity (Wildman–Crippen MR) is 61.6 cm³/mol. The van der Waals surface area contributed by atoms with E-state index in [9.17, 15) is 18.5 Å². The maximum absolute atomic E-state index is 13.2. The summed E-state index contributed by atoms with van der Waals surface area (Å²) in [6.45, 7) is -0.509. The minimum atomic E-state index is -2.91. The van der Waals surface area contributed by atoms with Gasteiger partial charge in [-0.2, -0.15) is 4.39 Å². The SMILES string of the molecule is O=c1[nH]c(=O)n(C2C[C@@H](O[P+](=O)O)C(CO)O2)cc1F. The molecule has 9 nitrogen and oxygen atoms in total. The van der Waals surface area contributed by atoms with Crippen molar-refractivity contribution in [1.82, 2.24) is 9.55 Å². The second kappa shape index (κ2) is 5.90. The molecule has 1 aromatic rings. The average molecular weight is 309 g/mol. The maximum atomic E-state index is 13.2. The number of hydrogen-bond acceptors (Lipinski definition) is 6. The Hall–Kier alpha value is -1.45. The van der Waals surface area contributed by atoms with Crippen LogP contribution < -0.4 is 11.2 Å². The third-order valence-corrected chi connectivity index (χ3v) is 3.27. The van der Waals surface area contributed by atoms with E-state index in [0.717, 1.165) is 4.57 Å². The fourth-order valence-corrected chi connectivity index (χ4v) is 2.39. The van der Waals surface area contributed by atoms with Crippen LogP contribution >= 0.6 is 8.25 Å². The third-order valence-electron chi connectivity index (χ3n) is 2.82. The fraction of sp³-hybridized carbons (Fsp3) is 0.556. The monoisotopic (exact) mass is 309 g/mol. The quantitative estimate of drug-likeness (QED) is 0.607. The Kier molecular flexibility index (Phi) is 4.41. The van der Waals surface area contributed by atoms with E-state index in [1.54, 1.807) is 4.98 Å². The van der Waals surface area contributed by atoms with Crippen molar-refractivity contribution in [3.05, 3.63) is 32.9 Å². The van der Waals surface area contributed by atoms with Gasteiger partial charge in [0, 0.05) is 11.0 Å². The Morgan fingerprint density at radius 3 is 2.90 bits per heavy atom. The molecule has 3 N–H and O–H groups in total. The van der Waals surface area contributed by atoms with Crippen LogP contribution in [-0.2, 0) is 13.8 Å². The van der Waals surface area contributed by atoms with Crippen LogP contribution in [0, 0.1) is 5.82 Å². The molecular formula is C9H11FN2O7P+. The lowest BCUT2D eigenvalue weighted by atomic mass is 10.2. The molecule has 1 aliphatic rings. The van der Waals surface area contributed by atoms with Gasteiger partial charge in [0.05, 0.1) is 12.8 Å². The molecule has 0 aromatic carbocycles. The van der Waals surface area contributed by atoms with Gasteiger partial charge in [0.15, 0.2) is 0 Å². The minimum Gasteiger partial charge on any atom is -0.394 e. The van der Waals surface area contributed by atoms with Gasteiger partial charge < -0.3 is 9.84 Å². The number of hydrogen-bond donors (Lipinski definition) is 3. The minimum absolute atomic E-state index is 0.0573. The molecule has 0 aliphatic carbocycles. The van der Waals surface area contributed by atoms with Crippen LogP contribution in [0.2, 0.25) is 0 Å². The van der Waals surface area contributed by atoms with Gasteiger partial charge in [-0.25, -0.2) is 4.79 Å². The molecule has 0 saturated carbocycles. The maximum Gasteiger partial charge on any atom is 0.695 e. The fourth-order valence-electron chi connectivity index (χ4n) is 1.94. The van der Waals surface area contributed by atoms with E-state index in [0.29, 0.717) is 6.20 Å². The zero-order valence-corrected chi connectivity index (χ0v) is 10.8. The van der Waals surface area contributed by atoms with E-state index in [1.807, 2.05) is 0 Å². The smallest absolute Gasteiger partial charge is 0.394 e. The van der Waals surface area contributed by atoms with E-state index in [2.05, 4.69) is 4.52 Å². The Morgan fingerprint density at radius 1 is 1.60 bits per heavy atom. The largest absolute Gasteiger partial charge is 0.695 e. The van der Waals surface area contributed by atoms with Crippen molar-refractivity contribution in [2.24, 2.45) is 0 Å². The summed E-state index contributed by atoms with van der Waals surface area (Å²) >= 11 is 0. The van der Waals surface area contributed by atoms with Crippen LogP contribution in [0.15, 0.2) is 15.8 Å². The number of aromatic amines is 1. The van der Waals surface area contributed by atoms with E-state index in [4.69, 9.17) is 14.7 Å². The lowest BCUT2D eigenvalue weighted by Gasteiger charge is -2.13. The summed E-state index contributed by atoms with van der Waals surface area (Å²) in [5.41, 5.74) is -2.05. The Bertz CT molecular complexity index is 629. The highest BCUT2D eigenvalue weighted by Gasteiger charge is 2.42. The first-order chi connectivity index (χ1) is 9.42. The van der Waals surface area contributed by atoms with Crippen molar-refractivity contribution in [1.29, 1.82) is 0 Å². The molecule has 11 heteroatoms. The zero-order valence-electron chi connectivity index (χ0n) is 9.93. The van der Waals surface area contributed by atoms with Crippen LogP contribution in [-0.4, -0.2) is 38.4 Å². The molecule has 110 valence electrons. The van der Waals surface area contributed by atoms with Crippen LogP contribution in [0.5, 0.6) is 0 Å². The van der Waals surface area contributed by atoms with Crippen LogP contribution in [0.4, 0.5) is 4.39 Å². The van der Waals surface area contributed by atoms with Gasteiger partial charge in [0.1, 0.15) is 18.4 Å². The van der Waals surface area contributed by atoms with Gasteiger partial charge in [0.2, 0.25) is 5.82 Å². The molecule has 2 heterocycles. The number of ether oxygens (including phenoxy) is 1. The number of H-pyrrole nitrogens is 1. The summed E-state index contributed by atoms with van der Waals surface area (Å²) in [6.07, 6.45) is -2.28. The molecule has 0 amide bonds. The topological polar surface area (TPSA) is 131 Å². The number of halogens is 1. The van der Waals surface area contributed by atoms with Crippen molar-refractivity contribution in [2.45, 2.75) is 24.9 Å². The number of nitrogens with one attached hydrogen (secondary N) is 1. The summed E-state index contributed by atoms with van der Waals surface area (Å²) in [5, 5.41) is 9.08. The molecule has 0 radical (unpaired) electrons. The predicted octanol–water partition coefficient (Wildman–Crippen LogP) is -1.01. The molecule has 1 fully saturated rings. The highest BCUT2D eigenvalue weighted by atomic mass is 31.1. The second-order valence-corrected chi connectivity index (χ2v) is 4.76. The Labute approximate surface area is 111 Å². The molecule has 20 heavy (non-hydrogen) atoms. The van der Waals surface area contributed by atoms with E-state index >= 15 is 0 Å². The van der Waals surface area contributed by atoms with Crippen molar-refractivity contribution >= 4 is 8.25 Å². The molecule has 4 atom stereocenters. The second-order valence-electron chi connectivity index (χ2n) is 4.07. The number of nitrogens with zero attached hydrogens (tertiary/aromatic N) is 1. The molecule has 2 rings (SSSR count). The van der Waals surface area contributed by atoms with Crippen molar-refractivity contribution in [3.8, 4) is 0 Å². The summed E-state index contributed by atoms with van der Waals surface area (Å²) in [4.78, 5) is 32.9. The number of aliphatic hydroxyl groups excluding tert-OH is 1. The summed E-state index contributed by atoms with van der Waals surface area (Å²) in [6, 6.07) is 0. The van der Waals surface area contributed by atoms with E-state index < -0.39 is 50.4 Å². The number of aromatic nitrogens is 2. The van der Waals surface area contributed by atoms with Crippen LogP contribution in [0.25, 0.3) is 0 Å². The van der Waals surface area contributed by atoms with E-state index in [-0.39, 0.29) is 6.42 Å². The lowest BCUT2D eigenvalue weighted by Crippen LogP contribution is -2.34. The standard InChI is InChI=1S/C9H10FN2O7P/c10-4-2-12(9(15)11-8(4)14)7-1-5(19-20(16)17)6(3-13)18-7/h2,5-7,13H,1,3H2,(H-,11,14,15,16,17)/p+1/t5-,6?,7?/m1/s1. The van der Waals surface area contributed by atoms with Gasteiger partial charge >= 0.3 is 13.9 Å². The first kappa shape index (κ1) is 14.9. The summed E-state index contributed by atoms with van der Waals surface area (Å²) < 4.78 is 34.5. The number of aliphatic hydroxyl groups is 1. The zero-order chi connectivity index (χ0) is 14.9. The number of rotatable bonds is 4. The molecule has 0 spiro atoms. The highest BCUT2D eigenvalue weighted by Crippen LogP contribution is 2.34. The van der Waals surface area contributed by atoms with E-state index in [1.165, 1.54) is 0 Å². The van der Waals surface area contributed by atoms with Gasteiger partial charge in [-0.15, -0.1) is 9.42 Å². The molecule has 1 aliphatic heterocycles. The van der Waals surface area contributed by atoms with Gasteiger partial charge in [-0.3, -0.25) is 14.3 Å². The van der Waals surface area contributed by atoms with Crippen molar-refractivity contribution in [2.75, 3.05) is 6.61 Å². The normalized spacial score (nSPS) is 26.8. The lowest BCUT2D eigenvalue weighted by molar-refractivity contribution is -0.0426. The van der Waals surface area contributed by atoms with Crippen LogP contribution in [0.3, 0.4) is 0 Å². The highest BCUT2D eigenvalue weighted by molar-refractivity contribution is 7.32. The first-order valence-corrected chi connectivity index (χ1v) is 6.65. The summed E-state index contributed by atoms with van der Waals surface area (Å²) in [7, 11) is -2.91. The van der Waals surface area contributed by atoms with Gasteiger partial charge in [0.25, 0.3) is 5.56 Å². The Balaban J connectivity index is 2.27. The average Bonchev–Trinajstić information content (AvgIpc) is 2.75. The van der Waals surface area contributed by atoms with Gasteiger partial charge in [-0.1, -0.05) is 0 Å². The molecule has 0 bridgehead atoms. The van der Waals surface area contributed by atoms with Crippen molar-refractivity contribution < 1.29 is 28.2 Å². The first-order valence-electron chi connectivity index (χ1n) is 5.52.